The monoisotopic (exact) mass is 299 g/mol. The van der Waals surface area contributed by atoms with Gasteiger partial charge in [-0.15, -0.1) is 0 Å². The van der Waals surface area contributed by atoms with Crippen LogP contribution in [0.25, 0.3) is 27.6 Å². The van der Waals surface area contributed by atoms with Crippen molar-refractivity contribution in [3.8, 4) is 0 Å². The summed E-state index contributed by atoms with van der Waals surface area (Å²) < 4.78 is 0. The van der Waals surface area contributed by atoms with Gasteiger partial charge in [0.2, 0.25) is 0 Å². The number of allylic oxidation sites excluding steroid dienone is 1. The number of fused-ring (bicyclic) bond motifs is 6. The number of benzene rings is 3. The Kier molecular flexibility index (Phi) is 3.23. The molecule has 0 aromatic heterocycles. The average Bonchev–Trinajstić information content (AvgIpc) is 2.55. The van der Waals surface area contributed by atoms with Gasteiger partial charge in [0.05, 0.1) is 0 Å². The summed E-state index contributed by atoms with van der Waals surface area (Å²) in [5.41, 5.74) is 5.33. The third kappa shape index (κ3) is 2.16. The van der Waals surface area contributed by atoms with Gasteiger partial charge in [-0.05, 0) is 75.8 Å². The van der Waals surface area contributed by atoms with Crippen LogP contribution in [0.15, 0.2) is 55.3 Å². The number of hydrogen-bond acceptors (Lipinski definition) is 1. The van der Waals surface area contributed by atoms with Crippen molar-refractivity contribution in [2.45, 2.75) is 20.3 Å². The van der Waals surface area contributed by atoms with Crippen LogP contribution in [0.4, 0.5) is 5.69 Å². The number of aryl methyl sites for hydroxylation is 1. The minimum absolute atomic E-state index is 0.595. The molecule has 0 aliphatic heterocycles. The summed E-state index contributed by atoms with van der Waals surface area (Å²) in [6, 6.07) is 13.2. The Morgan fingerprint density at radius 1 is 1.13 bits per heavy atom. The fraction of sp³-hybridized carbons (Fsp3) is 0.182. The summed E-state index contributed by atoms with van der Waals surface area (Å²) in [4.78, 5) is 0. The molecule has 0 fully saturated rings. The lowest BCUT2D eigenvalue weighted by Gasteiger charge is -2.23. The van der Waals surface area contributed by atoms with Gasteiger partial charge in [0.25, 0.3) is 0 Å². The molecule has 114 valence electrons. The zero-order valence-electron chi connectivity index (χ0n) is 13.7. The van der Waals surface area contributed by atoms with E-state index < -0.39 is 0 Å². The van der Waals surface area contributed by atoms with E-state index in [1.54, 1.807) is 6.20 Å². The molecule has 0 heterocycles. The van der Waals surface area contributed by atoms with Gasteiger partial charge in [-0.2, -0.15) is 0 Å². The highest BCUT2D eigenvalue weighted by atomic mass is 14.8. The molecule has 1 N–H and O–H groups in total. The summed E-state index contributed by atoms with van der Waals surface area (Å²) >= 11 is 0. The maximum atomic E-state index is 3.79. The van der Waals surface area contributed by atoms with Crippen molar-refractivity contribution in [3.05, 3.63) is 71.9 Å². The van der Waals surface area contributed by atoms with Crippen molar-refractivity contribution in [2.75, 3.05) is 5.32 Å². The number of rotatable bonds is 2. The van der Waals surface area contributed by atoms with Crippen LogP contribution in [0.2, 0.25) is 0 Å². The van der Waals surface area contributed by atoms with Gasteiger partial charge < -0.3 is 5.32 Å². The number of anilines is 1. The first-order valence-corrected chi connectivity index (χ1v) is 8.22. The predicted molar refractivity (Wildman–Crippen MR) is 102 cm³/mol. The summed E-state index contributed by atoms with van der Waals surface area (Å²) in [5, 5.41) is 8.69. The largest absolute Gasteiger partial charge is 0.362 e. The molecule has 1 heteroatoms. The van der Waals surface area contributed by atoms with E-state index in [4.69, 9.17) is 0 Å². The minimum atomic E-state index is 0.595. The molecule has 0 amide bonds. The lowest BCUT2D eigenvalue weighted by atomic mass is 9.82. The minimum Gasteiger partial charge on any atom is -0.362 e. The van der Waals surface area contributed by atoms with Gasteiger partial charge in [-0.25, -0.2) is 0 Å². The average molecular weight is 299 g/mol. The summed E-state index contributed by atoms with van der Waals surface area (Å²) in [6.07, 6.45) is 7.51. The lowest BCUT2D eigenvalue weighted by Crippen LogP contribution is -2.06. The molecule has 1 nitrogen and oxygen atoms in total. The highest BCUT2D eigenvalue weighted by Crippen LogP contribution is 2.40. The van der Waals surface area contributed by atoms with Gasteiger partial charge in [0.15, 0.2) is 0 Å². The second kappa shape index (κ2) is 5.27. The highest BCUT2D eigenvalue weighted by Gasteiger charge is 2.19. The van der Waals surface area contributed by atoms with Crippen LogP contribution in [-0.2, 0) is 6.42 Å². The van der Waals surface area contributed by atoms with Crippen LogP contribution in [0.5, 0.6) is 0 Å². The Bertz CT molecular complexity index is 963. The third-order valence-electron chi connectivity index (χ3n) is 4.86. The number of nitrogens with one attached hydrogen (secondary N) is 1. The highest BCUT2D eigenvalue weighted by molar-refractivity contribution is 6.14. The third-order valence-corrected chi connectivity index (χ3v) is 4.86. The smallest absolute Gasteiger partial charge is 0.0388 e. The SMILES string of the molecule is C=CNc1cc(C)c2c3c(c4ccccc4c2c1)C=CC(C)C3. The first kappa shape index (κ1) is 14.1. The Morgan fingerprint density at radius 3 is 2.70 bits per heavy atom. The quantitative estimate of drug-likeness (QED) is 0.567. The van der Waals surface area contributed by atoms with Gasteiger partial charge in [0, 0.05) is 5.69 Å². The van der Waals surface area contributed by atoms with E-state index in [-0.39, 0.29) is 0 Å². The standard InChI is InChI=1S/C22H21N/c1-4-23-16-12-15(3)22-20-11-14(2)9-10-19(20)17-7-5-6-8-18(17)21(22)13-16/h4-10,12-14,23H,1,11H2,2-3H3. The van der Waals surface area contributed by atoms with Crippen LogP contribution in [0.3, 0.4) is 0 Å². The Hall–Kier alpha value is -2.54. The topological polar surface area (TPSA) is 12.0 Å². The molecule has 0 radical (unpaired) electrons. The van der Waals surface area contributed by atoms with Crippen molar-refractivity contribution in [1.29, 1.82) is 0 Å². The van der Waals surface area contributed by atoms with Crippen molar-refractivity contribution < 1.29 is 0 Å². The molecule has 4 rings (SSSR count). The first-order valence-electron chi connectivity index (χ1n) is 8.22. The maximum Gasteiger partial charge on any atom is 0.0388 e. The van der Waals surface area contributed by atoms with Crippen molar-refractivity contribution >= 4 is 33.3 Å². The Balaban J connectivity index is 2.20. The van der Waals surface area contributed by atoms with Crippen molar-refractivity contribution in [2.24, 2.45) is 5.92 Å². The van der Waals surface area contributed by atoms with Gasteiger partial charge in [0.1, 0.15) is 0 Å². The second-order valence-electron chi connectivity index (χ2n) is 6.54. The Morgan fingerprint density at radius 2 is 1.91 bits per heavy atom. The maximum absolute atomic E-state index is 3.79. The molecule has 1 aliphatic carbocycles. The molecule has 1 aliphatic rings. The van der Waals surface area contributed by atoms with Crippen LogP contribution in [0.1, 0.15) is 23.6 Å². The zero-order valence-corrected chi connectivity index (χ0v) is 13.7. The summed E-state index contributed by atoms with van der Waals surface area (Å²) in [5.74, 6) is 0.595. The van der Waals surface area contributed by atoms with Gasteiger partial charge in [-0.1, -0.05) is 49.9 Å². The fourth-order valence-corrected chi connectivity index (χ4v) is 3.90. The number of hydrogen-bond donors (Lipinski definition) is 1. The van der Waals surface area contributed by atoms with Crippen LogP contribution in [-0.4, -0.2) is 0 Å². The molecule has 0 spiro atoms. The van der Waals surface area contributed by atoms with Crippen LogP contribution in [0, 0.1) is 12.8 Å². The van der Waals surface area contributed by atoms with Crippen molar-refractivity contribution in [3.63, 3.8) is 0 Å². The summed E-state index contributed by atoms with van der Waals surface area (Å²) in [6.45, 7) is 8.30. The molecule has 1 unspecified atom stereocenters. The molecular weight excluding hydrogens is 278 g/mol. The van der Waals surface area contributed by atoms with E-state index in [0.29, 0.717) is 5.92 Å². The normalized spacial score (nSPS) is 16.5. The van der Waals surface area contributed by atoms with E-state index in [1.165, 1.54) is 38.2 Å². The molecule has 3 aromatic rings. The van der Waals surface area contributed by atoms with Gasteiger partial charge in [-0.3, -0.25) is 0 Å². The molecule has 0 saturated carbocycles. The van der Waals surface area contributed by atoms with E-state index in [1.807, 2.05) is 0 Å². The first-order chi connectivity index (χ1) is 11.2. The molecule has 23 heavy (non-hydrogen) atoms. The molecule has 0 saturated heterocycles. The van der Waals surface area contributed by atoms with E-state index in [2.05, 4.69) is 74.3 Å². The lowest BCUT2D eigenvalue weighted by molar-refractivity contribution is 0.722. The molecule has 3 aromatic carbocycles. The Labute approximate surface area is 137 Å². The van der Waals surface area contributed by atoms with Crippen molar-refractivity contribution in [1.82, 2.24) is 0 Å². The molecule has 1 atom stereocenters. The zero-order chi connectivity index (χ0) is 16.0. The summed E-state index contributed by atoms with van der Waals surface area (Å²) in [7, 11) is 0. The molecule has 0 bridgehead atoms. The van der Waals surface area contributed by atoms with Gasteiger partial charge >= 0.3 is 0 Å². The fourth-order valence-electron chi connectivity index (χ4n) is 3.90. The second-order valence-corrected chi connectivity index (χ2v) is 6.54. The van der Waals surface area contributed by atoms with Crippen LogP contribution >= 0.6 is 0 Å². The molecular formula is C22H21N. The van der Waals surface area contributed by atoms with E-state index in [0.717, 1.165) is 12.1 Å². The predicted octanol–water partition coefficient (Wildman–Crippen LogP) is 6.06. The van der Waals surface area contributed by atoms with Crippen LogP contribution < -0.4 is 5.32 Å². The van der Waals surface area contributed by atoms with E-state index >= 15 is 0 Å². The van der Waals surface area contributed by atoms with E-state index in [9.17, 15) is 0 Å².